The minimum absolute atomic E-state index is 0.0134. The normalized spacial score (nSPS) is 9.73. The molecule has 0 aliphatic heterocycles. The molecule has 0 aliphatic rings. The average Bonchev–Trinajstić information content (AvgIpc) is 2.21. The lowest BCUT2D eigenvalue weighted by atomic mass is 10.2. The molecule has 0 aromatic heterocycles. The number of hydrogen-bond acceptors (Lipinski definition) is 3. The lowest BCUT2D eigenvalue weighted by Crippen LogP contribution is -2.11. The van der Waals surface area contributed by atoms with E-state index in [-0.39, 0.29) is 5.91 Å². The Bertz CT molecular complexity index is 350. The largest absolute Gasteiger partial charge is 0.494 e. The SMILES string of the molecule is CCCC(=O)Nc1ccc(N)cc1OC. The fourth-order valence-electron chi connectivity index (χ4n) is 1.25. The zero-order valence-corrected chi connectivity index (χ0v) is 9.04. The number of rotatable bonds is 4. The summed E-state index contributed by atoms with van der Waals surface area (Å²) in [5.74, 6) is 0.569. The Morgan fingerprint density at radius 2 is 2.27 bits per heavy atom. The first-order valence-electron chi connectivity index (χ1n) is 4.90. The molecule has 0 saturated carbocycles. The number of amides is 1. The van der Waals surface area contributed by atoms with Crippen LogP contribution in [0.1, 0.15) is 19.8 Å². The van der Waals surface area contributed by atoms with Crippen LogP contribution in [0.3, 0.4) is 0 Å². The zero-order valence-electron chi connectivity index (χ0n) is 9.04. The summed E-state index contributed by atoms with van der Waals surface area (Å²) in [7, 11) is 1.55. The lowest BCUT2D eigenvalue weighted by Gasteiger charge is -2.10. The summed E-state index contributed by atoms with van der Waals surface area (Å²) in [6.07, 6.45) is 1.33. The highest BCUT2D eigenvalue weighted by Gasteiger charge is 2.06. The van der Waals surface area contributed by atoms with Crippen LogP contribution >= 0.6 is 0 Å². The Balaban J connectivity index is 2.80. The second-order valence-electron chi connectivity index (χ2n) is 3.26. The van der Waals surface area contributed by atoms with Crippen LogP contribution in [0, 0.1) is 0 Å². The summed E-state index contributed by atoms with van der Waals surface area (Å²) in [5.41, 5.74) is 6.87. The average molecular weight is 208 g/mol. The zero-order chi connectivity index (χ0) is 11.3. The molecule has 0 bridgehead atoms. The van der Waals surface area contributed by atoms with Gasteiger partial charge in [0.15, 0.2) is 0 Å². The van der Waals surface area contributed by atoms with Gasteiger partial charge in [0.2, 0.25) is 5.91 Å². The van der Waals surface area contributed by atoms with E-state index in [0.717, 1.165) is 6.42 Å². The van der Waals surface area contributed by atoms with Crippen molar-refractivity contribution in [3.05, 3.63) is 18.2 Å². The molecule has 0 fully saturated rings. The highest BCUT2D eigenvalue weighted by Crippen LogP contribution is 2.26. The summed E-state index contributed by atoms with van der Waals surface area (Å²) in [5, 5.41) is 2.77. The molecular weight excluding hydrogens is 192 g/mol. The van der Waals surface area contributed by atoms with E-state index >= 15 is 0 Å². The maximum atomic E-state index is 11.4. The Hall–Kier alpha value is -1.71. The van der Waals surface area contributed by atoms with Gasteiger partial charge in [-0.15, -0.1) is 0 Å². The molecule has 0 saturated heterocycles. The molecule has 0 atom stereocenters. The van der Waals surface area contributed by atoms with Crippen molar-refractivity contribution in [3.63, 3.8) is 0 Å². The molecule has 15 heavy (non-hydrogen) atoms. The molecule has 1 amide bonds. The summed E-state index contributed by atoms with van der Waals surface area (Å²) in [4.78, 5) is 11.4. The van der Waals surface area contributed by atoms with Crippen LogP contribution in [0.15, 0.2) is 18.2 Å². The van der Waals surface area contributed by atoms with Gasteiger partial charge in [0.1, 0.15) is 5.75 Å². The van der Waals surface area contributed by atoms with E-state index in [2.05, 4.69) is 5.32 Å². The van der Waals surface area contributed by atoms with Crippen molar-refractivity contribution in [2.24, 2.45) is 0 Å². The number of benzene rings is 1. The number of carbonyl (C=O) groups excluding carboxylic acids is 1. The van der Waals surface area contributed by atoms with Crippen molar-refractivity contribution in [3.8, 4) is 5.75 Å². The van der Waals surface area contributed by atoms with Gasteiger partial charge in [-0.25, -0.2) is 0 Å². The molecule has 0 unspecified atom stereocenters. The standard InChI is InChI=1S/C11H16N2O2/c1-3-4-11(14)13-9-6-5-8(12)7-10(9)15-2/h5-7H,3-4,12H2,1-2H3,(H,13,14). The molecule has 1 rings (SSSR count). The Morgan fingerprint density at radius 1 is 1.53 bits per heavy atom. The predicted molar refractivity (Wildman–Crippen MR) is 60.9 cm³/mol. The van der Waals surface area contributed by atoms with Gasteiger partial charge < -0.3 is 15.8 Å². The molecule has 0 heterocycles. The summed E-state index contributed by atoms with van der Waals surface area (Å²) in [6.45, 7) is 1.96. The molecule has 1 aromatic carbocycles. The molecule has 0 spiro atoms. The second kappa shape index (κ2) is 5.24. The van der Waals surface area contributed by atoms with E-state index < -0.39 is 0 Å². The Kier molecular flexibility index (Phi) is 3.97. The van der Waals surface area contributed by atoms with Crippen molar-refractivity contribution >= 4 is 17.3 Å². The topological polar surface area (TPSA) is 64.4 Å². The number of nitrogens with two attached hydrogens (primary N) is 1. The molecule has 1 aromatic rings. The molecule has 0 radical (unpaired) electrons. The van der Waals surface area contributed by atoms with Crippen molar-refractivity contribution in [1.29, 1.82) is 0 Å². The number of hydrogen-bond donors (Lipinski definition) is 2. The number of carbonyl (C=O) groups is 1. The van der Waals surface area contributed by atoms with Crippen LogP contribution in [0.4, 0.5) is 11.4 Å². The van der Waals surface area contributed by atoms with Crippen LogP contribution in [-0.4, -0.2) is 13.0 Å². The first-order chi connectivity index (χ1) is 7.17. The van der Waals surface area contributed by atoms with E-state index in [1.807, 2.05) is 6.92 Å². The van der Waals surface area contributed by atoms with E-state index in [1.165, 1.54) is 0 Å². The van der Waals surface area contributed by atoms with E-state index in [0.29, 0.717) is 23.5 Å². The van der Waals surface area contributed by atoms with Gasteiger partial charge in [0, 0.05) is 18.2 Å². The molecule has 4 nitrogen and oxygen atoms in total. The third-order valence-corrected chi connectivity index (χ3v) is 1.98. The van der Waals surface area contributed by atoms with Gasteiger partial charge >= 0.3 is 0 Å². The van der Waals surface area contributed by atoms with Gasteiger partial charge in [0.25, 0.3) is 0 Å². The third-order valence-electron chi connectivity index (χ3n) is 1.98. The number of methoxy groups -OCH3 is 1. The number of anilines is 2. The van der Waals surface area contributed by atoms with Crippen molar-refractivity contribution in [2.75, 3.05) is 18.2 Å². The van der Waals surface area contributed by atoms with E-state index in [9.17, 15) is 4.79 Å². The van der Waals surface area contributed by atoms with Gasteiger partial charge in [-0.1, -0.05) is 6.92 Å². The molecule has 0 aliphatic carbocycles. The highest BCUT2D eigenvalue weighted by atomic mass is 16.5. The predicted octanol–water partition coefficient (Wildman–Crippen LogP) is 2.02. The highest BCUT2D eigenvalue weighted by molar-refractivity contribution is 5.92. The van der Waals surface area contributed by atoms with Crippen molar-refractivity contribution in [1.82, 2.24) is 0 Å². The van der Waals surface area contributed by atoms with E-state index in [4.69, 9.17) is 10.5 Å². The summed E-state index contributed by atoms with van der Waals surface area (Å²) >= 11 is 0. The van der Waals surface area contributed by atoms with Crippen LogP contribution in [0.5, 0.6) is 5.75 Å². The molecule has 4 heteroatoms. The minimum atomic E-state index is -0.0134. The van der Waals surface area contributed by atoms with Gasteiger partial charge in [-0.2, -0.15) is 0 Å². The van der Waals surface area contributed by atoms with Crippen LogP contribution in [-0.2, 0) is 4.79 Å². The lowest BCUT2D eigenvalue weighted by molar-refractivity contribution is -0.116. The molecule has 82 valence electrons. The minimum Gasteiger partial charge on any atom is -0.494 e. The smallest absolute Gasteiger partial charge is 0.224 e. The maximum absolute atomic E-state index is 11.4. The molecular formula is C11H16N2O2. The van der Waals surface area contributed by atoms with Crippen molar-refractivity contribution < 1.29 is 9.53 Å². The van der Waals surface area contributed by atoms with Gasteiger partial charge in [-0.3, -0.25) is 4.79 Å². The second-order valence-corrected chi connectivity index (χ2v) is 3.26. The first kappa shape index (κ1) is 11.4. The quantitative estimate of drug-likeness (QED) is 0.744. The van der Waals surface area contributed by atoms with Gasteiger partial charge in [0.05, 0.1) is 12.8 Å². The third kappa shape index (κ3) is 3.16. The van der Waals surface area contributed by atoms with Gasteiger partial charge in [-0.05, 0) is 18.6 Å². The summed E-state index contributed by atoms with van der Waals surface area (Å²) < 4.78 is 5.11. The Labute approximate surface area is 89.4 Å². The van der Waals surface area contributed by atoms with Crippen LogP contribution in [0.25, 0.3) is 0 Å². The molecule has 3 N–H and O–H groups in total. The maximum Gasteiger partial charge on any atom is 0.224 e. The number of ether oxygens (including phenoxy) is 1. The van der Waals surface area contributed by atoms with Crippen LogP contribution in [0.2, 0.25) is 0 Å². The fraction of sp³-hybridized carbons (Fsp3) is 0.364. The van der Waals surface area contributed by atoms with Crippen molar-refractivity contribution in [2.45, 2.75) is 19.8 Å². The number of nitrogens with one attached hydrogen (secondary N) is 1. The van der Waals surface area contributed by atoms with E-state index in [1.54, 1.807) is 25.3 Å². The van der Waals surface area contributed by atoms with Crippen LogP contribution < -0.4 is 15.8 Å². The fourth-order valence-corrected chi connectivity index (χ4v) is 1.25. The monoisotopic (exact) mass is 208 g/mol. The summed E-state index contributed by atoms with van der Waals surface area (Å²) in [6, 6.07) is 5.15. The number of nitrogen functional groups attached to an aromatic ring is 1. The first-order valence-corrected chi connectivity index (χ1v) is 4.90. The Morgan fingerprint density at radius 3 is 2.87 bits per heavy atom.